The van der Waals surface area contributed by atoms with Gasteiger partial charge in [-0.15, -0.1) is 0 Å². The monoisotopic (exact) mass is 421 g/mol. The van der Waals surface area contributed by atoms with Gasteiger partial charge in [-0.2, -0.15) is 0 Å². The Hall–Kier alpha value is -2.78. The molecule has 1 N–H and O–H groups in total. The molecule has 2 rings (SSSR count). The molecule has 158 valence electrons. The van der Waals surface area contributed by atoms with E-state index in [1.165, 1.54) is 37.3 Å². The molecule has 0 saturated carbocycles. The lowest BCUT2D eigenvalue weighted by atomic mass is 10.2. The number of anilines is 1. The third kappa shape index (κ3) is 5.85. The number of ether oxygens (including phenoxy) is 2. The number of nitrogens with zero attached hydrogens (tertiary/aromatic N) is 2. The molecule has 0 spiro atoms. The van der Waals surface area contributed by atoms with Gasteiger partial charge in [-0.05, 0) is 29.8 Å². The third-order valence-electron chi connectivity index (χ3n) is 4.38. The number of rotatable bonds is 9. The van der Waals surface area contributed by atoms with Crippen molar-refractivity contribution in [1.82, 2.24) is 9.62 Å². The number of nitrogens with one attached hydrogen (secondary N) is 1. The van der Waals surface area contributed by atoms with Gasteiger partial charge in [0.05, 0.1) is 25.7 Å². The number of benzene rings is 2. The number of amides is 1. The molecule has 2 aromatic carbocycles. The fourth-order valence-electron chi connectivity index (χ4n) is 2.62. The largest absolute Gasteiger partial charge is 0.493 e. The van der Waals surface area contributed by atoms with Crippen molar-refractivity contribution < 1.29 is 22.7 Å². The SMILES string of the molecule is COc1ccc(S(=O)(=O)NCC(=O)N(C)Cc2ccc(N(C)C)cc2)cc1OC. The maximum absolute atomic E-state index is 12.5. The molecular weight excluding hydrogens is 394 g/mol. The molecule has 29 heavy (non-hydrogen) atoms. The van der Waals surface area contributed by atoms with E-state index in [4.69, 9.17) is 9.47 Å². The molecule has 0 atom stereocenters. The van der Waals surface area contributed by atoms with Gasteiger partial charge in [-0.25, -0.2) is 13.1 Å². The fraction of sp³-hybridized carbons (Fsp3) is 0.350. The van der Waals surface area contributed by atoms with E-state index >= 15 is 0 Å². The predicted octanol–water partition coefficient (Wildman–Crippen LogP) is 1.71. The van der Waals surface area contributed by atoms with Crippen LogP contribution in [0.5, 0.6) is 11.5 Å². The van der Waals surface area contributed by atoms with Crippen LogP contribution in [-0.2, 0) is 21.4 Å². The topological polar surface area (TPSA) is 88.2 Å². The Bertz CT molecular complexity index is 943. The Kier molecular flexibility index (Phi) is 7.46. The normalized spacial score (nSPS) is 11.1. The minimum absolute atomic E-state index is 0.00937. The molecule has 0 heterocycles. The molecule has 0 radical (unpaired) electrons. The van der Waals surface area contributed by atoms with Gasteiger partial charge in [0.1, 0.15) is 0 Å². The summed E-state index contributed by atoms with van der Waals surface area (Å²) in [5.41, 5.74) is 2.01. The van der Waals surface area contributed by atoms with Crippen molar-refractivity contribution >= 4 is 21.6 Å². The lowest BCUT2D eigenvalue weighted by Crippen LogP contribution is -2.37. The number of methoxy groups -OCH3 is 2. The number of carbonyl (C=O) groups is 1. The highest BCUT2D eigenvalue weighted by Gasteiger charge is 2.19. The van der Waals surface area contributed by atoms with Gasteiger partial charge in [0.15, 0.2) is 11.5 Å². The second-order valence-corrected chi connectivity index (χ2v) is 8.42. The molecule has 0 fully saturated rings. The second kappa shape index (κ2) is 9.62. The summed E-state index contributed by atoms with van der Waals surface area (Å²) in [7, 11) is 4.55. The standard InChI is InChI=1S/C20H27N3O5S/c1-22(2)16-8-6-15(7-9-16)14-23(3)20(24)13-21-29(25,26)17-10-11-18(27-4)19(12-17)28-5/h6-12,21H,13-14H2,1-5H3. The lowest BCUT2D eigenvalue weighted by molar-refractivity contribution is -0.129. The number of likely N-dealkylation sites (N-methyl/N-ethyl adjacent to an activating group) is 1. The van der Waals surface area contributed by atoms with Crippen LogP contribution in [0, 0.1) is 0 Å². The van der Waals surface area contributed by atoms with E-state index < -0.39 is 10.0 Å². The minimum atomic E-state index is -3.87. The third-order valence-corrected chi connectivity index (χ3v) is 5.78. The molecule has 0 bridgehead atoms. The van der Waals surface area contributed by atoms with Crippen LogP contribution in [0.1, 0.15) is 5.56 Å². The van der Waals surface area contributed by atoms with Crippen molar-refractivity contribution in [3.63, 3.8) is 0 Å². The van der Waals surface area contributed by atoms with E-state index in [1.54, 1.807) is 7.05 Å². The molecule has 0 aliphatic heterocycles. The predicted molar refractivity (Wildman–Crippen MR) is 112 cm³/mol. The van der Waals surface area contributed by atoms with Gasteiger partial charge in [0.25, 0.3) is 0 Å². The van der Waals surface area contributed by atoms with Gasteiger partial charge in [-0.3, -0.25) is 4.79 Å². The Morgan fingerprint density at radius 1 is 0.966 bits per heavy atom. The van der Waals surface area contributed by atoms with Gasteiger partial charge in [-0.1, -0.05) is 12.1 Å². The molecule has 0 aromatic heterocycles. The molecule has 1 amide bonds. The Morgan fingerprint density at radius 2 is 1.59 bits per heavy atom. The zero-order valence-corrected chi connectivity index (χ0v) is 18.1. The summed E-state index contributed by atoms with van der Waals surface area (Å²) >= 11 is 0. The maximum Gasteiger partial charge on any atom is 0.241 e. The Balaban J connectivity index is 1.99. The van der Waals surface area contributed by atoms with Crippen LogP contribution in [-0.4, -0.2) is 61.1 Å². The molecule has 0 aliphatic carbocycles. The summed E-state index contributed by atoms with van der Waals surface area (Å²) in [5.74, 6) is 0.369. The van der Waals surface area contributed by atoms with Crippen molar-refractivity contribution in [3.05, 3.63) is 48.0 Å². The van der Waals surface area contributed by atoms with Crippen molar-refractivity contribution in [2.45, 2.75) is 11.4 Å². The highest BCUT2D eigenvalue weighted by Crippen LogP contribution is 2.29. The quantitative estimate of drug-likeness (QED) is 0.663. The zero-order chi connectivity index (χ0) is 21.6. The summed E-state index contributed by atoms with van der Waals surface area (Å²) in [5, 5.41) is 0. The van der Waals surface area contributed by atoms with E-state index in [9.17, 15) is 13.2 Å². The van der Waals surface area contributed by atoms with Crippen LogP contribution in [0.15, 0.2) is 47.4 Å². The van der Waals surface area contributed by atoms with Crippen molar-refractivity contribution in [1.29, 1.82) is 0 Å². The summed E-state index contributed by atoms with van der Waals surface area (Å²) in [6, 6.07) is 12.0. The van der Waals surface area contributed by atoms with Crippen LogP contribution in [0.3, 0.4) is 0 Å². The van der Waals surface area contributed by atoms with Crippen LogP contribution in [0.4, 0.5) is 5.69 Å². The van der Waals surface area contributed by atoms with E-state index in [0.29, 0.717) is 18.0 Å². The number of carbonyl (C=O) groups excluding carboxylic acids is 1. The Morgan fingerprint density at radius 3 is 2.14 bits per heavy atom. The van der Waals surface area contributed by atoms with Gasteiger partial charge in [0.2, 0.25) is 15.9 Å². The van der Waals surface area contributed by atoms with Gasteiger partial charge in [0, 0.05) is 39.4 Å². The fourth-order valence-corrected chi connectivity index (χ4v) is 3.61. The molecular formula is C20H27N3O5S. The second-order valence-electron chi connectivity index (χ2n) is 6.65. The van der Waals surface area contributed by atoms with Crippen LogP contribution in [0.25, 0.3) is 0 Å². The van der Waals surface area contributed by atoms with E-state index in [-0.39, 0.29) is 17.3 Å². The van der Waals surface area contributed by atoms with Crippen LogP contribution < -0.4 is 19.1 Å². The van der Waals surface area contributed by atoms with E-state index in [1.807, 2.05) is 43.3 Å². The number of hydrogen-bond donors (Lipinski definition) is 1. The first-order chi connectivity index (χ1) is 13.7. The van der Waals surface area contributed by atoms with E-state index in [2.05, 4.69) is 4.72 Å². The summed E-state index contributed by atoms with van der Waals surface area (Å²) in [4.78, 5) is 15.8. The molecule has 8 nitrogen and oxygen atoms in total. The van der Waals surface area contributed by atoms with Gasteiger partial charge >= 0.3 is 0 Å². The first kappa shape index (κ1) is 22.5. The first-order valence-electron chi connectivity index (χ1n) is 8.90. The zero-order valence-electron chi connectivity index (χ0n) is 17.3. The number of hydrogen-bond acceptors (Lipinski definition) is 6. The van der Waals surface area contributed by atoms with Crippen molar-refractivity contribution in [2.24, 2.45) is 0 Å². The molecule has 2 aromatic rings. The molecule has 0 saturated heterocycles. The van der Waals surface area contributed by atoms with Gasteiger partial charge < -0.3 is 19.3 Å². The molecule has 9 heteroatoms. The Labute approximate surface area is 172 Å². The first-order valence-corrected chi connectivity index (χ1v) is 10.4. The summed E-state index contributed by atoms with van der Waals surface area (Å²) < 4.78 is 37.6. The smallest absolute Gasteiger partial charge is 0.241 e. The van der Waals surface area contributed by atoms with Crippen molar-refractivity contribution in [2.75, 3.05) is 46.8 Å². The highest BCUT2D eigenvalue weighted by atomic mass is 32.2. The number of sulfonamides is 1. The van der Waals surface area contributed by atoms with Crippen LogP contribution in [0.2, 0.25) is 0 Å². The molecule has 0 unspecified atom stereocenters. The minimum Gasteiger partial charge on any atom is -0.493 e. The summed E-state index contributed by atoms with van der Waals surface area (Å²) in [6.07, 6.45) is 0. The highest BCUT2D eigenvalue weighted by molar-refractivity contribution is 7.89. The average molecular weight is 422 g/mol. The maximum atomic E-state index is 12.5. The lowest BCUT2D eigenvalue weighted by Gasteiger charge is -2.19. The summed E-state index contributed by atoms with van der Waals surface area (Å²) in [6.45, 7) is 0.0353. The van der Waals surface area contributed by atoms with Crippen molar-refractivity contribution in [3.8, 4) is 11.5 Å². The van der Waals surface area contributed by atoms with E-state index in [0.717, 1.165) is 11.3 Å². The van der Waals surface area contributed by atoms with Crippen LogP contribution >= 0.6 is 0 Å². The molecule has 0 aliphatic rings. The average Bonchev–Trinajstić information content (AvgIpc) is 2.71.